The molecule has 2 heterocycles. The highest BCUT2D eigenvalue weighted by atomic mass is 79.9. The van der Waals surface area contributed by atoms with Crippen LogP contribution in [-0.4, -0.2) is 30.1 Å². The summed E-state index contributed by atoms with van der Waals surface area (Å²) in [6.45, 7) is 0. The summed E-state index contributed by atoms with van der Waals surface area (Å²) in [6, 6.07) is 12.3. The van der Waals surface area contributed by atoms with E-state index in [1.165, 1.54) is 0 Å². The standard InChI is InChI=1S/C19H16BrN3O3/c1-25-15-4-3-9-21-18(15)14-7-5-12(10-16(14)26-2)19(24)23-17-8-6-13(20)11-22-17/h3-11H,1-2H3,(H,22,23,24). The van der Waals surface area contributed by atoms with Gasteiger partial charge in [-0.25, -0.2) is 4.98 Å². The van der Waals surface area contributed by atoms with Gasteiger partial charge in [-0.2, -0.15) is 0 Å². The fraction of sp³-hybridized carbons (Fsp3) is 0.105. The quantitative estimate of drug-likeness (QED) is 0.678. The molecule has 0 unspecified atom stereocenters. The molecule has 0 bridgehead atoms. The molecule has 0 radical (unpaired) electrons. The Bertz CT molecular complexity index is 930. The fourth-order valence-electron chi connectivity index (χ4n) is 2.42. The number of methoxy groups -OCH3 is 2. The van der Waals surface area contributed by atoms with Gasteiger partial charge in [-0.15, -0.1) is 0 Å². The lowest BCUT2D eigenvalue weighted by atomic mass is 10.1. The number of ether oxygens (including phenoxy) is 2. The van der Waals surface area contributed by atoms with Crippen molar-refractivity contribution in [1.82, 2.24) is 9.97 Å². The van der Waals surface area contributed by atoms with E-state index in [4.69, 9.17) is 9.47 Å². The Morgan fingerprint density at radius 1 is 1.04 bits per heavy atom. The minimum Gasteiger partial charge on any atom is -0.496 e. The van der Waals surface area contributed by atoms with Crippen LogP contribution in [0.15, 0.2) is 59.3 Å². The maximum absolute atomic E-state index is 12.5. The van der Waals surface area contributed by atoms with Crippen molar-refractivity contribution in [3.8, 4) is 22.8 Å². The first kappa shape index (κ1) is 17.9. The molecule has 0 saturated carbocycles. The number of rotatable bonds is 5. The highest BCUT2D eigenvalue weighted by Crippen LogP contribution is 2.35. The molecular weight excluding hydrogens is 398 g/mol. The Balaban J connectivity index is 1.91. The van der Waals surface area contributed by atoms with Gasteiger partial charge >= 0.3 is 0 Å². The van der Waals surface area contributed by atoms with E-state index in [-0.39, 0.29) is 5.91 Å². The predicted octanol–water partition coefficient (Wildman–Crippen LogP) is 4.18. The molecule has 7 heteroatoms. The van der Waals surface area contributed by atoms with Crippen molar-refractivity contribution in [1.29, 1.82) is 0 Å². The van der Waals surface area contributed by atoms with Crippen LogP contribution in [0.5, 0.6) is 11.5 Å². The molecule has 0 aliphatic carbocycles. The van der Waals surface area contributed by atoms with Gasteiger partial charge in [-0.1, -0.05) is 0 Å². The maximum atomic E-state index is 12.5. The monoisotopic (exact) mass is 413 g/mol. The zero-order chi connectivity index (χ0) is 18.5. The number of anilines is 1. The molecule has 6 nitrogen and oxygen atoms in total. The van der Waals surface area contributed by atoms with Crippen LogP contribution in [0.1, 0.15) is 10.4 Å². The summed E-state index contributed by atoms with van der Waals surface area (Å²) in [4.78, 5) is 21.0. The molecule has 3 rings (SSSR count). The Hall–Kier alpha value is -2.93. The highest BCUT2D eigenvalue weighted by molar-refractivity contribution is 9.10. The van der Waals surface area contributed by atoms with Gasteiger partial charge in [0.2, 0.25) is 0 Å². The Kier molecular flexibility index (Phi) is 5.48. The van der Waals surface area contributed by atoms with E-state index < -0.39 is 0 Å². The summed E-state index contributed by atoms with van der Waals surface area (Å²) in [6.07, 6.45) is 3.30. The second-order valence-electron chi connectivity index (χ2n) is 5.29. The van der Waals surface area contributed by atoms with Gasteiger partial charge in [-0.3, -0.25) is 9.78 Å². The van der Waals surface area contributed by atoms with Gasteiger partial charge in [-0.05, 0) is 58.4 Å². The number of hydrogen-bond acceptors (Lipinski definition) is 5. The molecular formula is C19H16BrN3O3. The highest BCUT2D eigenvalue weighted by Gasteiger charge is 2.15. The van der Waals surface area contributed by atoms with Crippen LogP contribution in [0, 0.1) is 0 Å². The number of pyridine rings is 2. The molecule has 0 fully saturated rings. The third-order valence-electron chi connectivity index (χ3n) is 3.68. The molecule has 0 atom stereocenters. The maximum Gasteiger partial charge on any atom is 0.256 e. The smallest absolute Gasteiger partial charge is 0.256 e. The number of benzene rings is 1. The van der Waals surface area contributed by atoms with E-state index >= 15 is 0 Å². The predicted molar refractivity (Wildman–Crippen MR) is 103 cm³/mol. The van der Waals surface area contributed by atoms with Gasteiger partial charge in [0.05, 0.1) is 14.2 Å². The molecule has 1 amide bonds. The number of halogens is 1. The number of amides is 1. The molecule has 1 aromatic carbocycles. The minimum atomic E-state index is -0.280. The molecule has 3 aromatic rings. The second-order valence-corrected chi connectivity index (χ2v) is 6.20. The number of nitrogens with zero attached hydrogens (tertiary/aromatic N) is 2. The normalized spacial score (nSPS) is 10.3. The summed E-state index contributed by atoms with van der Waals surface area (Å²) in [5.41, 5.74) is 1.84. The largest absolute Gasteiger partial charge is 0.496 e. The molecule has 26 heavy (non-hydrogen) atoms. The summed E-state index contributed by atoms with van der Waals surface area (Å²) < 4.78 is 11.7. The van der Waals surface area contributed by atoms with Crippen molar-refractivity contribution in [3.05, 3.63) is 64.9 Å². The van der Waals surface area contributed by atoms with Crippen LogP contribution in [0.2, 0.25) is 0 Å². The molecule has 132 valence electrons. The Morgan fingerprint density at radius 3 is 2.54 bits per heavy atom. The fourth-order valence-corrected chi connectivity index (χ4v) is 2.66. The number of aromatic nitrogens is 2. The van der Waals surface area contributed by atoms with Crippen LogP contribution in [0.3, 0.4) is 0 Å². The molecule has 0 saturated heterocycles. The number of carbonyl (C=O) groups is 1. The van der Waals surface area contributed by atoms with E-state index in [0.29, 0.717) is 28.6 Å². The van der Waals surface area contributed by atoms with Crippen molar-refractivity contribution in [2.45, 2.75) is 0 Å². The Morgan fingerprint density at radius 2 is 1.85 bits per heavy atom. The average molecular weight is 414 g/mol. The molecule has 0 aliphatic heterocycles. The lowest BCUT2D eigenvalue weighted by molar-refractivity contribution is 0.102. The summed E-state index contributed by atoms with van der Waals surface area (Å²) in [5.74, 6) is 1.34. The van der Waals surface area contributed by atoms with Crippen molar-refractivity contribution >= 4 is 27.7 Å². The van der Waals surface area contributed by atoms with E-state index in [9.17, 15) is 4.79 Å². The number of carbonyl (C=O) groups excluding carboxylic acids is 1. The molecule has 2 aromatic heterocycles. The summed E-state index contributed by atoms with van der Waals surface area (Å²) in [5, 5.41) is 2.75. The summed E-state index contributed by atoms with van der Waals surface area (Å²) in [7, 11) is 3.13. The first-order valence-electron chi connectivity index (χ1n) is 7.72. The topological polar surface area (TPSA) is 73.3 Å². The van der Waals surface area contributed by atoms with Gasteiger partial charge in [0.1, 0.15) is 23.0 Å². The van der Waals surface area contributed by atoms with Crippen LogP contribution in [0.4, 0.5) is 5.82 Å². The lowest BCUT2D eigenvalue weighted by Gasteiger charge is -2.13. The zero-order valence-corrected chi connectivity index (χ0v) is 15.8. The zero-order valence-electron chi connectivity index (χ0n) is 14.2. The van der Waals surface area contributed by atoms with Gasteiger partial charge in [0.15, 0.2) is 0 Å². The first-order valence-corrected chi connectivity index (χ1v) is 8.52. The van der Waals surface area contributed by atoms with Crippen molar-refractivity contribution in [2.75, 3.05) is 19.5 Å². The van der Waals surface area contributed by atoms with Gasteiger partial charge in [0, 0.05) is 28.0 Å². The third-order valence-corrected chi connectivity index (χ3v) is 4.15. The SMILES string of the molecule is COc1cc(C(=O)Nc2ccc(Br)cn2)ccc1-c1ncccc1OC. The Labute approximate surface area is 159 Å². The van der Waals surface area contributed by atoms with Crippen LogP contribution >= 0.6 is 15.9 Å². The van der Waals surface area contributed by atoms with Crippen LogP contribution < -0.4 is 14.8 Å². The lowest BCUT2D eigenvalue weighted by Crippen LogP contribution is -2.13. The van der Waals surface area contributed by atoms with E-state index in [2.05, 4.69) is 31.2 Å². The van der Waals surface area contributed by atoms with Crippen molar-refractivity contribution < 1.29 is 14.3 Å². The summed E-state index contributed by atoms with van der Waals surface area (Å²) >= 11 is 3.31. The van der Waals surface area contributed by atoms with Gasteiger partial charge < -0.3 is 14.8 Å². The van der Waals surface area contributed by atoms with E-state index in [0.717, 1.165) is 10.0 Å². The van der Waals surface area contributed by atoms with Crippen LogP contribution in [0.25, 0.3) is 11.3 Å². The second kappa shape index (κ2) is 7.97. The minimum absolute atomic E-state index is 0.280. The van der Waals surface area contributed by atoms with E-state index in [1.807, 2.05) is 6.07 Å². The van der Waals surface area contributed by atoms with E-state index in [1.54, 1.807) is 63.0 Å². The average Bonchev–Trinajstić information content (AvgIpc) is 2.69. The molecule has 0 spiro atoms. The van der Waals surface area contributed by atoms with Crippen molar-refractivity contribution in [3.63, 3.8) is 0 Å². The first-order chi connectivity index (χ1) is 12.6. The van der Waals surface area contributed by atoms with Crippen LogP contribution in [-0.2, 0) is 0 Å². The van der Waals surface area contributed by atoms with Gasteiger partial charge in [0.25, 0.3) is 5.91 Å². The van der Waals surface area contributed by atoms with Crippen molar-refractivity contribution in [2.24, 2.45) is 0 Å². The number of nitrogens with one attached hydrogen (secondary N) is 1. The molecule has 1 N–H and O–H groups in total. The number of hydrogen-bond donors (Lipinski definition) is 1. The molecule has 0 aliphatic rings. The third kappa shape index (κ3) is 3.83.